The number of ether oxygens (including phenoxy) is 1. The summed E-state index contributed by atoms with van der Waals surface area (Å²) in [4.78, 5) is 0. The number of nitrogens with zero attached hydrogens (tertiary/aromatic N) is 4. The predicted octanol–water partition coefficient (Wildman–Crippen LogP) is 0.529. The van der Waals surface area contributed by atoms with Crippen LogP contribution in [0, 0.1) is 5.82 Å². The zero-order valence-electron chi connectivity index (χ0n) is 9.51. The Morgan fingerprint density at radius 2 is 2.29 bits per heavy atom. The van der Waals surface area contributed by atoms with Crippen LogP contribution in [0.1, 0.15) is 5.82 Å². The Labute approximate surface area is 97.4 Å². The molecule has 0 fully saturated rings. The van der Waals surface area contributed by atoms with Gasteiger partial charge in [-0.2, -0.15) is 4.68 Å². The number of hydrogen-bond donors (Lipinski definition) is 1. The predicted molar refractivity (Wildman–Crippen MR) is 58.4 cm³/mol. The van der Waals surface area contributed by atoms with E-state index >= 15 is 0 Å². The number of rotatable bonds is 4. The Hall–Kier alpha value is -2.02. The van der Waals surface area contributed by atoms with E-state index < -0.39 is 5.82 Å². The highest BCUT2D eigenvalue weighted by atomic mass is 19.1. The summed E-state index contributed by atoms with van der Waals surface area (Å²) >= 11 is 0. The molecular weight excluding hydrogens is 225 g/mol. The second-order valence-electron chi connectivity index (χ2n) is 3.35. The average molecular weight is 237 g/mol. The largest absolute Gasteiger partial charge is 0.497 e. The summed E-state index contributed by atoms with van der Waals surface area (Å²) in [5.41, 5.74) is 0.264. The third kappa shape index (κ3) is 2.23. The maximum Gasteiger partial charge on any atom is 0.170 e. The Balaban J connectivity index is 2.47. The Morgan fingerprint density at radius 1 is 1.47 bits per heavy atom. The van der Waals surface area contributed by atoms with Gasteiger partial charge in [0.15, 0.2) is 5.82 Å². The van der Waals surface area contributed by atoms with E-state index in [2.05, 4.69) is 20.8 Å². The van der Waals surface area contributed by atoms with Gasteiger partial charge in [0, 0.05) is 6.07 Å². The van der Waals surface area contributed by atoms with Crippen molar-refractivity contribution in [2.24, 2.45) is 0 Å². The fraction of sp³-hybridized carbons (Fsp3) is 0.300. The summed E-state index contributed by atoms with van der Waals surface area (Å²) in [5, 5.41) is 14.0. The Kier molecular flexibility index (Phi) is 3.29. The van der Waals surface area contributed by atoms with Crippen LogP contribution in [0.3, 0.4) is 0 Å². The zero-order chi connectivity index (χ0) is 12.3. The smallest absolute Gasteiger partial charge is 0.170 e. The third-order valence-electron chi connectivity index (χ3n) is 2.25. The summed E-state index contributed by atoms with van der Waals surface area (Å²) < 4.78 is 20.1. The normalized spacial score (nSPS) is 10.5. The maximum atomic E-state index is 13.7. The van der Waals surface area contributed by atoms with Crippen molar-refractivity contribution < 1.29 is 9.13 Å². The third-order valence-corrected chi connectivity index (χ3v) is 2.25. The van der Waals surface area contributed by atoms with E-state index in [0.29, 0.717) is 18.1 Å². The van der Waals surface area contributed by atoms with E-state index in [1.54, 1.807) is 19.2 Å². The standard InChI is InChI=1S/C10H12FN5O/c1-12-6-10-13-14-15-16(10)9-5-7(17-2)3-4-8(9)11/h3-5,12H,6H2,1-2H3. The summed E-state index contributed by atoms with van der Waals surface area (Å²) in [6.45, 7) is 0.448. The van der Waals surface area contributed by atoms with Crippen LogP contribution < -0.4 is 10.1 Å². The van der Waals surface area contributed by atoms with E-state index in [9.17, 15) is 4.39 Å². The molecule has 7 heteroatoms. The number of aromatic nitrogens is 4. The first-order chi connectivity index (χ1) is 8.26. The molecule has 0 atom stereocenters. The fourth-order valence-electron chi connectivity index (χ4n) is 1.44. The molecule has 0 saturated carbocycles. The molecule has 1 aromatic heterocycles. The van der Waals surface area contributed by atoms with Crippen molar-refractivity contribution in [3.8, 4) is 11.4 Å². The lowest BCUT2D eigenvalue weighted by Gasteiger charge is -2.07. The van der Waals surface area contributed by atoms with Crippen molar-refractivity contribution in [3.63, 3.8) is 0 Å². The van der Waals surface area contributed by atoms with Crippen LogP contribution in [-0.4, -0.2) is 34.4 Å². The van der Waals surface area contributed by atoms with Gasteiger partial charge in [-0.25, -0.2) is 4.39 Å². The summed E-state index contributed by atoms with van der Waals surface area (Å²) in [5.74, 6) is 0.669. The van der Waals surface area contributed by atoms with E-state index in [0.717, 1.165) is 0 Å². The highest BCUT2D eigenvalue weighted by Gasteiger charge is 2.12. The lowest BCUT2D eigenvalue weighted by atomic mass is 10.3. The fourth-order valence-corrected chi connectivity index (χ4v) is 1.44. The van der Waals surface area contributed by atoms with Crippen LogP contribution in [0.15, 0.2) is 18.2 Å². The molecule has 1 heterocycles. The number of halogens is 1. The van der Waals surface area contributed by atoms with Gasteiger partial charge in [-0.1, -0.05) is 0 Å². The molecule has 0 aliphatic carbocycles. The summed E-state index contributed by atoms with van der Waals surface area (Å²) in [6, 6.07) is 4.41. The van der Waals surface area contributed by atoms with Gasteiger partial charge in [-0.15, -0.1) is 5.10 Å². The number of hydrogen-bond acceptors (Lipinski definition) is 5. The molecule has 2 aromatic rings. The van der Waals surface area contributed by atoms with Gasteiger partial charge in [0.1, 0.15) is 17.3 Å². The molecule has 0 bridgehead atoms. The van der Waals surface area contributed by atoms with Gasteiger partial charge < -0.3 is 10.1 Å². The number of nitrogens with one attached hydrogen (secondary N) is 1. The molecule has 0 spiro atoms. The average Bonchev–Trinajstić information content (AvgIpc) is 2.78. The van der Waals surface area contributed by atoms with Crippen LogP contribution in [-0.2, 0) is 6.54 Å². The Bertz CT molecular complexity index is 513. The number of tetrazole rings is 1. The molecule has 0 amide bonds. The highest BCUT2D eigenvalue weighted by molar-refractivity contribution is 5.40. The second-order valence-corrected chi connectivity index (χ2v) is 3.35. The van der Waals surface area contributed by atoms with Crippen LogP contribution in [0.4, 0.5) is 4.39 Å². The first kappa shape index (κ1) is 11.5. The van der Waals surface area contributed by atoms with Crippen LogP contribution >= 0.6 is 0 Å². The molecule has 6 nitrogen and oxygen atoms in total. The molecule has 2 rings (SSSR count). The SMILES string of the molecule is CNCc1nnnn1-c1cc(OC)ccc1F. The lowest BCUT2D eigenvalue weighted by molar-refractivity contribution is 0.413. The number of benzene rings is 1. The van der Waals surface area contributed by atoms with Crippen molar-refractivity contribution in [1.82, 2.24) is 25.5 Å². The van der Waals surface area contributed by atoms with Crippen LogP contribution in [0.5, 0.6) is 5.75 Å². The minimum atomic E-state index is -0.407. The van der Waals surface area contributed by atoms with E-state index in [4.69, 9.17) is 4.74 Å². The minimum absolute atomic E-state index is 0.264. The van der Waals surface area contributed by atoms with Crippen molar-refractivity contribution in [2.75, 3.05) is 14.2 Å². The summed E-state index contributed by atoms with van der Waals surface area (Å²) in [7, 11) is 3.28. The monoisotopic (exact) mass is 237 g/mol. The van der Waals surface area contributed by atoms with Gasteiger partial charge >= 0.3 is 0 Å². The molecular formula is C10H12FN5O. The summed E-state index contributed by atoms with van der Waals surface area (Å²) in [6.07, 6.45) is 0. The van der Waals surface area contributed by atoms with E-state index in [1.165, 1.54) is 17.9 Å². The molecule has 17 heavy (non-hydrogen) atoms. The molecule has 90 valence electrons. The Morgan fingerprint density at radius 3 is 3.00 bits per heavy atom. The molecule has 0 aliphatic heterocycles. The quantitative estimate of drug-likeness (QED) is 0.840. The molecule has 0 aliphatic rings. The molecule has 1 aromatic carbocycles. The zero-order valence-corrected chi connectivity index (χ0v) is 9.51. The van der Waals surface area contributed by atoms with Crippen molar-refractivity contribution in [2.45, 2.75) is 6.54 Å². The van der Waals surface area contributed by atoms with Gasteiger partial charge in [-0.05, 0) is 29.6 Å². The topological polar surface area (TPSA) is 64.9 Å². The number of methoxy groups -OCH3 is 1. The van der Waals surface area contributed by atoms with Crippen molar-refractivity contribution >= 4 is 0 Å². The van der Waals surface area contributed by atoms with Crippen molar-refractivity contribution in [3.05, 3.63) is 29.8 Å². The van der Waals surface area contributed by atoms with Gasteiger partial charge in [0.25, 0.3) is 0 Å². The molecule has 0 saturated heterocycles. The first-order valence-corrected chi connectivity index (χ1v) is 5.02. The van der Waals surface area contributed by atoms with Crippen LogP contribution in [0.25, 0.3) is 5.69 Å². The highest BCUT2D eigenvalue weighted by Crippen LogP contribution is 2.20. The van der Waals surface area contributed by atoms with E-state index in [1.807, 2.05) is 0 Å². The minimum Gasteiger partial charge on any atom is -0.497 e. The van der Waals surface area contributed by atoms with E-state index in [-0.39, 0.29) is 5.69 Å². The first-order valence-electron chi connectivity index (χ1n) is 5.02. The lowest BCUT2D eigenvalue weighted by Crippen LogP contribution is -2.13. The maximum absolute atomic E-state index is 13.7. The molecule has 1 N–H and O–H groups in total. The van der Waals surface area contributed by atoms with Crippen LogP contribution in [0.2, 0.25) is 0 Å². The van der Waals surface area contributed by atoms with Gasteiger partial charge in [0.05, 0.1) is 13.7 Å². The molecule has 0 radical (unpaired) electrons. The second kappa shape index (κ2) is 4.88. The molecule has 0 unspecified atom stereocenters. The van der Waals surface area contributed by atoms with Gasteiger partial charge in [0.2, 0.25) is 0 Å². The van der Waals surface area contributed by atoms with Gasteiger partial charge in [-0.3, -0.25) is 0 Å². The van der Waals surface area contributed by atoms with Crippen molar-refractivity contribution in [1.29, 1.82) is 0 Å².